The molecular weight excluding hydrogens is 412 g/mol. The third kappa shape index (κ3) is 5.57. The van der Waals surface area contributed by atoms with E-state index in [-0.39, 0.29) is 11.8 Å². The van der Waals surface area contributed by atoms with Gasteiger partial charge in [0.05, 0.1) is 6.54 Å². The Hall–Kier alpha value is -2.57. The van der Waals surface area contributed by atoms with Crippen LogP contribution in [0.3, 0.4) is 0 Å². The number of carbonyl (C=O) groups excluding carboxylic acids is 2. The van der Waals surface area contributed by atoms with E-state index in [1.165, 1.54) is 5.56 Å². The summed E-state index contributed by atoms with van der Waals surface area (Å²) < 4.78 is 0. The van der Waals surface area contributed by atoms with Crippen LogP contribution in [0.2, 0.25) is 5.02 Å². The third-order valence-corrected chi connectivity index (χ3v) is 6.38. The topological polar surface area (TPSA) is 64.7 Å². The average molecular weight is 441 g/mol. The summed E-state index contributed by atoms with van der Waals surface area (Å²) in [4.78, 5) is 27.9. The molecule has 2 aromatic carbocycles. The van der Waals surface area contributed by atoms with Gasteiger partial charge in [0.15, 0.2) is 0 Å². The zero-order valence-corrected chi connectivity index (χ0v) is 18.6. The van der Waals surface area contributed by atoms with Crippen molar-refractivity contribution in [1.29, 1.82) is 0 Å². The number of ketones is 1. The molecule has 0 spiro atoms. The van der Waals surface area contributed by atoms with Gasteiger partial charge in [0.2, 0.25) is 0 Å². The van der Waals surface area contributed by atoms with Crippen LogP contribution in [0.25, 0.3) is 0 Å². The predicted molar refractivity (Wildman–Crippen MR) is 125 cm³/mol. The number of halogens is 1. The second-order valence-electron chi connectivity index (χ2n) is 8.47. The van der Waals surface area contributed by atoms with Gasteiger partial charge in [0.1, 0.15) is 5.78 Å². The molecule has 7 heteroatoms. The van der Waals surface area contributed by atoms with Crippen molar-refractivity contribution in [2.45, 2.75) is 31.7 Å². The number of carbonyl (C=O) groups is 2. The van der Waals surface area contributed by atoms with Gasteiger partial charge in [-0.1, -0.05) is 23.7 Å². The molecule has 0 bridgehead atoms. The van der Waals surface area contributed by atoms with E-state index in [0.29, 0.717) is 18.5 Å². The Morgan fingerprint density at radius 3 is 2.26 bits per heavy atom. The highest BCUT2D eigenvalue weighted by Crippen LogP contribution is 2.29. The molecule has 2 aliphatic rings. The van der Waals surface area contributed by atoms with Crippen molar-refractivity contribution in [2.24, 2.45) is 0 Å². The summed E-state index contributed by atoms with van der Waals surface area (Å²) in [6.07, 6.45) is 1.92. The maximum absolute atomic E-state index is 12.7. The second-order valence-corrected chi connectivity index (χ2v) is 8.91. The second kappa shape index (κ2) is 9.71. The molecule has 0 aliphatic carbocycles. The van der Waals surface area contributed by atoms with Crippen LogP contribution in [0.15, 0.2) is 48.5 Å². The first-order valence-electron chi connectivity index (χ1n) is 10.9. The maximum atomic E-state index is 12.7. The van der Waals surface area contributed by atoms with Crippen LogP contribution in [-0.2, 0) is 4.79 Å². The lowest BCUT2D eigenvalue weighted by atomic mass is 9.89. The number of likely N-dealkylation sites (tertiary alicyclic amines) is 1. The number of piperidine rings is 1. The van der Waals surface area contributed by atoms with Crippen LogP contribution < -0.4 is 15.5 Å². The minimum atomic E-state index is -0.0419. The quantitative estimate of drug-likeness (QED) is 0.709. The number of nitrogens with one attached hydrogen (secondary N) is 2. The van der Waals surface area contributed by atoms with Gasteiger partial charge < -0.3 is 20.4 Å². The fraction of sp³-hybridized carbons (Fsp3) is 0.417. The Morgan fingerprint density at radius 1 is 1.00 bits per heavy atom. The molecule has 0 radical (unpaired) electrons. The van der Waals surface area contributed by atoms with Crippen molar-refractivity contribution in [3.05, 3.63) is 59.1 Å². The molecule has 6 nitrogen and oxygen atoms in total. The monoisotopic (exact) mass is 440 g/mol. The summed E-state index contributed by atoms with van der Waals surface area (Å²) in [6, 6.07) is 16.3. The SMILES string of the molecule is CC(=O)CNC1CN(c2ccc(NC(=O)N3CCC(c4ccc(Cl)cc4)CC3)cc2)C1. The van der Waals surface area contributed by atoms with Crippen molar-refractivity contribution in [2.75, 3.05) is 42.9 Å². The number of Topliss-reactive ketones (excluding diaryl/α,β-unsaturated/α-hetero) is 1. The number of nitrogens with zero attached hydrogens (tertiary/aromatic N) is 2. The van der Waals surface area contributed by atoms with Crippen LogP contribution in [0, 0.1) is 0 Å². The Labute approximate surface area is 188 Å². The molecule has 0 unspecified atom stereocenters. The Kier molecular flexibility index (Phi) is 6.78. The number of hydrogen-bond acceptors (Lipinski definition) is 4. The van der Waals surface area contributed by atoms with Crippen LogP contribution in [0.1, 0.15) is 31.2 Å². The lowest BCUT2D eigenvalue weighted by molar-refractivity contribution is -0.116. The van der Waals surface area contributed by atoms with E-state index >= 15 is 0 Å². The van der Waals surface area contributed by atoms with Gasteiger partial charge in [-0.3, -0.25) is 4.79 Å². The van der Waals surface area contributed by atoms with Gasteiger partial charge in [-0.05, 0) is 67.6 Å². The molecule has 0 aromatic heterocycles. The highest BCUT2D eigenvalue weighted by atomic mass is 35.5. The molecule has 4 rings (SSSR count). The molecule has 0 atom stereocenters. The Balaban J connectivity index is 1.22. The summed E-state index contributed by atoms with van der Waals surface area (Å²) in [5.41, 5.74) is 3.23. The van der Waals surface area contributed by atoms with E-state index in [9.17, 15) is 9.59 Å². The molecule has 0 saturated carbocycles. The van der Waals surface area contributed by atoms with E-state index in [4.69, 9.17) is 11.6 Å². The molecule has 2 amide bonds. The fourth-order valence-electron chi connectivity index (χ4n) is 4.22. The highest BCUT2D eigenvalue weighted by molar-refractivity contribution is 6.30. The van der Waals surface area contributed by atoms with Crippen molar-refractivity contribution in [3.8, 4) is 0 Å². The summed E-state index contributed by atoms with van der Waals surface area (Å²) in [5, 5.41) is 7.02. The van der Waals surface area contributed by atoms with Gasteiger partial charge in [-0.15, -0.1) is 0 Å². The molecule has 2 heterocycles. The predicted octanol–water partition coefficient (Wildman–Crippen LogP) is 4.12. The number of urea groups is 1. The summed E-state index contributed by atoms with van der Waals surface area (Å²) >= 11 is 5.98. The summed E-state index contributed by atoms with van der Waals surface area (Å²) in [5.74, 6) is 0.638. The van der Waals surface area contributed by atoms with Crippen molar-refractivity contribution < 1.29 is 9.59 Å². The van der Waals surface area contributed by atoms with Crippen LogP contribution in [-0.4, -0.2) is 55.5 Å². The molecule has 2 fully saturated rings. The van der Waals surface area contributed by atoms with E-state index in [0.717, 1.165) is 55.4 Å². The van der Waals surface area contributed by atoms with E-state index < -0.39 is 0 Å². The van der Waals surface area contributed by atoms with Gasteiger partial charge in [0.25, 0.3) is 0 Å². The normalized spacial score (nSPS) is 17.4. The van der Waals surface area contributed by atoms with Crippen LogP contribution in [0.5, 0.6) is 0 Å². The smallest absolute Gasteiger partial charge is 0.321 e. The van der Waals surface area contributed by atoms with Crippen LogP contribution >= 0.6 is 11.6 Å². The van der Waals surface area contributed by atoms with Gasteiger partial charge >= 0.3 is 6.03 Å². The largest absolute Gasteiger partial charge is 0.368 e. The molecular formula is C24H29ClN4O2. The van der Waals surface area contributed by atoms with E-state index in [1.54, 1.807) is 6.92 Å². The summed E-state index contributed by atoms with van der Waals surface area (Å²) in [6.45, 7) is 5.31. The number of anilines is 2. The first-order valence-corrected chi connectivity index (χ1v) is 11.2. The molecule has 164 valence electrons. The van der Waals surface area contributed by atoms with Gasteiger partial charge in [0, 0.05) is 48.6 Å². The standard InChI is InChI=1S/C24H29ClN4O2/c1-17(30)14-26-22-15-29(16-22)23-8-6-21(7-9-23)27-24(31)28-12-10-19(11-13-28)18-2-4-20(25)5-3-18/h2-9,19,22,26H,10-16H2,1H3,(H,27,31). The first-order chi connectivity index (χ1) is 15.0. The minimum absolute atomic E-state index is 0.0419. The van der Waals surface area contributed by atoms with E-state index in [1.807, 2.05) is 41.3 Å². The molecule has 2 N–H and O–H groups in total. The van der Waals surface area contributed by atoms with E-state index in [2.05, 4.69) is 27.7 Å². The molecule has 31 heavy (non-hydrogen) atoms. The van der Waals surface area contributed by atoms with Crippen LogP contribution in [0.4, 0.5) is 16.2 Å². The first kappa shape index (κ1) is 21.7. The zero-order chi connectivity index (χ0) is 21.8. The Bertz CT molecular complexity index is 902. The highest BCUT2D eigenvalue weighted by Gasteiger charge is 2.27. The average Bonchev–Trinajstić information content (AvgIpc) is 2.74. The van der Waals surface area contributed by atoms with Crippen molar-refractivity contribution in [3.63, 3.8) is 0 Å². The minimum Gasteiger partial charge on any atom is -0.368 e. The van der Waals surface area contributed by atoms with Gasteiger partial charge in [-0.2, -0.15) is 0 Å². The fourth-order valence-corrected chi connectivity index (χ4v) is 4.34. The maximum Gasteiger partial charge on any atom is 0.321 e. The molecule has 2 aliphatic heterocycles. The molecule has 2 saturated heterocycles. The summed E-state index contributed by atoms with van der Waals surface area (Å²) in [7, 11) is 0. The number of benzene rings is 2. The van der Waals surface area contributed by atoms with Gasteiger partial charge in [-0.25, -0.2) is 4.79 Å². The lowest BCUT2D eigenvalue weighted by Gasteiger charge is -2.41. The number of amides is 2. The number of hydrogen-bond donors (Lipinski definition) is 2. The lowest BCUT2D eigenvalue weighted by Crippen LogP contribution is -2.58. The Morgan fingerprint density at radius 2 is 1.65 bits per heavy atom. The zero-order valence-electron chi connectivity index (χ0n) is 17.8. The third-order valence-electron chi connectivity index (χ3n) is 6.13. The van der Waals surface area contributed by atoms with Crippen molar-refractivity contribution in [1.82, 2.24) is 10.2 Å². The number of rotatable bonds is 6. The van der Waals surface area contributed by atoms with Crippen molar-refractivity contribution >= 4 is 34.8 Å². The molecule has 2 aromatic rings.